The van der Waals surface area contributed by atoms with Crippen LogP contribution in [0.25, 0.3) is 0 Å². The molecule has 2 rings (SSSR count). The molecule has 5 heteroatoms. The van der Waals surface area contributed by atoms with Gasteiger partial charge in [-0.2, -0.15) is 0 Å². The van der Waals surface area contributed by atoms with E-state index in [1.807, 2.05) is 6.92 Å². The van der Waals surface area contributed by atoms with E-state index in [2.05, 4.69) is 4.98 Å². The number of carboxylic acids is 1. The molecule has 4 nitrogen and oxygen atoms in total. The van der Waals surface area contributed by atoms with Gasteiger partial charge in [0.05, 0.1) is 0 Å². The average Bonchev–Trinajstić information content (AvgIpc) is 2.39. The maximum absolute atomic E-state index is 13.0. The fraction of sp³-hybridized carbons (Fsp3) is 0.286. The number of pyridine rings is 1. The van der Waals surface area contributed by atoms with E-state index >= 15 is 0 Å². The molecule has 0 amide bonds. The zero-order chi connectivity index (χ0) is 14.0. The highest BCUT2D eigenvalue weighted by molar-refractivity contribution is 5.87. The van der Waals surface area contributed by atoms with E-state index < -0.39 is 11.4 Å². The number of carboxylic acid groups (broad SMARTS) is 1. The van der Waals surface area contributed by atoms with Gasteiger partial charge in [0.2, 0.25) is 0 Å². The Labute approximate surface area is 109 Å². The second kappa shape index (κ2) is 5.22. The fourth-order valence-electron chi connectivity index (χ4n) is 2.24. The molecule has 0 spiro atoms. The number of aromatic nitrogens is 1. The first-order valence-corrected chi connectivity index (χ1v) is 6.06. The Morgan fingerprint density at radius 2 is 2.32 bits per heavy atom. The van der Waals surface area contributed by atoms with Crippen molar-refractivity contribution in [2.45, 2.75) is 25.7 Å². The summed E-state index contributed by atoms with van der Waals surface area (Å²) in [5.41, 5.74) is 0.340. The molecule has 1 aromatic heterocycles. The smallest absolute Gasteiger partial charge is 0.341 e. The van der Waals surface area contributed by atoms with Crippen LogP contribution in [0.2, 0.25) is 0 Å². The molecular weight excluding hydrogens is 249 g/mol. The number of aryl methyl sites for hydroxylation is 1. The molecule has 1 aliphatic carbocycles. The maximum atomic E-state index is 13.0. The normalized spacial score (nSPS) is 18.2. The molecule has 0 saturated carbocycles. The van der Waals surface area contributed by atoms with Crippen molar-refractivity contribution in [3.8, 4) is 0 Å². The molecule has 0 bridgehead atoms. The van der Waals surface area contributed by atoms with Crippen LogP contribution in [0.3, 0.4) is 0 Å². The predicted molar refractivity (Wildman–Crippen MR) is 69.1 cm³/mol. The zero-order valence-electron chi connectivity index (χ0n) is 10.4. The van der Waals surface area contributed by atoms with Crippen molar-refractivity contribution in [1.82, 2.24) is 4.98 Å². The highest BCUT2D eigenvalue weighted by Gasteiger charge is 2.22. The fourth-order valence-corrected chi connectivity index (χ4v) is 2.24. The second-order valence-corrected chi connectivity index (χ2v) is 4.37. The van der Waals surface area contributed by atoms with E-state index in [1.54, 1.807) is 6.08 Å². The van der Waals surface area contributed by atoms with Crippen LogP contribution in [0.4, 0.5) is 4.39 Å². The van der Waals surface area contributed by atoms with E-state index in [4.69, 9.17) is 5.11 Å². The first-order valence-electron chi connectivity index (χ1n) is 6.06. The van der Waals surface area contributed by atoms with E-state index in [1.165, 1.54) is 18.3 Å². The Balaban J connectivity index is 2.55. The quantitative estimate of drug-likeness (QED) is 0.880. The molecule has 2 N–H and O–H groups in total. The van der Waals surface area contributed by atoms with Crippen LogP contribution < -0.4 is 5.43 Å². The Morgan fingerprint density at radius 3 is 2.84 bits per heavy atom. The number of H-pyrrole nitrogens is 1. The summed E-state index contributed by atoms with van der Waals surface area (Å²) >= 11 is 0. The minimum Gasteiger partial charge on any atom is -0.477 e. The van der Waals surface area contributed by atoms with Gasteiger partial charge in [-0.25, -0.2) is 9.18 Å². The van der Waals surface area contributed by atoms with Gasteiger partial charge < -0.3 is 10.1 Å². The monoisotopic (exact) mass is 263 g/mol. The summed E-state index contributed by atoms with van der Waals surface area (Å²) in [5.74, 6) is -1.87. The number of aromatic carboxylic acids is 1. The third kappa shape index (κ3) is 2.50. The summed E-state index contributed by atoms with van der Waals surface area (Å²) in [7, 11) is 0. The molecule has 19 heavy (non-hydrogen) atoms. The minimum absolute atomic E-state index is 0.280. The molecule has 1 unspecified atom stereocenters. The van der Waals surface area contributed by atoms with E-state index in [0.29, 0.717) is 24.1 Å². The number of nitrogens with one attached hydrogen (secondary N) is 1. The highest BCUT2D eigenvalue weighted by atomic mass is 19.1. The summed E-state index contributed by atoms with van der Waals surface area (Å²) in [6.07, 6.45) is 6.47. The number of hydrogen-bond acceptors (Lipinski definition) is 2. The first-order chi connectivity index (χ1) is 9.04. The highest BCUT2D eigenvalue weighted by Crippen LogP contribution is 2.27. The number of hydrogen-bond donors (Lipinski definition) is 2. The van der Waals surface area contributed by atoms with Crippen LogP contribution in [-0.2, 0) is 6.42 Å². The first kappa shape index (κ1) is 13.3. The lowest BCUT2D eigenvalue weighted by atomic mass is 9.89. The molecule has 0 aromatic carbocycles. The summed E-state index contributed by atoms with van der Waals surface area (Å²) < 4.78 is 13.0. The number of aromatic amines is 1. The van der Waals surface area contributed by atoms with Gasteiger partial charge >= 0.3 is 5.97 Å². The largest absolute Gasteiger partial charge is 0.477 e. The molecule has 1 atom stereocenters. The molecular formula is C14H14FNO3. The third-order valence-corrected chi connectivity index (χ3v) is 3.21. The van der Waals surface area contributed by atoms with Gasteiger partial charge in [0.25, 0.3) is 0 Å². The Kier molecular flexibility index (Phi) is 3.64. The van der Waals surface area contributed by atoms with Crippen molar-refractivity contribution >= 4 is 5.97 Å². The topological polar surface area (TPSA) is 70.2 Å². The van der Waals surface area contributed by atoms with Crippen LogP contribution >= 0.6 is 0 Å². The summed E-state index contributed by atoms with van der Waals surface area (Å²) in [6, 6.07) is 0. The summed E-state index contributed by atoms with van der Waals surface area (Å²) in [5, 5.41) is 8.98. The average molecular weight is 263 g/mol. The SMILES string of the molecule is CCc1[nH]cc(C(=O)O)c(=O)c1C1C=CC(F)=CC1. The molecule has 1 heterocycles. The van der Waals surface area contributed by atoms with Gasteiger partial charge in [-0.15, -0.1) is 0 Å². The van der Waals surface area contributed by atoms with Crippen molar-refractivity contribution in [1.29, 1.82) is 0 Å². The van der Waals surface area contributed by atoms with Gasteiger partial charge in [-0.3, -0.25) is 4.79 Å². The molecule has 1 aliphatic rings. The molecule has 0 saturated heterocycles. The van der Waals surface area contributed by atoms with Gasteiger partial charge in [0.1, 0.15) is 11.4 Å². The van der Waals surface area contributed by atoms with E-state index in [0.717, 1.165) is 0 Å². The van der Waals surface area contributed by atoms with Crippen LogP contribution in [0.1, 0.15) is 40.9 Å². The molecule has 1 aromatic rings. The predicted octanol–water partition coefficient (Wildman–Crippen LogP) is 2.53. The van der Waals surface area contributed by atoms with Crippen LogP contribution in [-0.4, -0.2) is 16.1 Å². The standard InChI is InChI=1S/C14H14FNO3/c1-2-11-12(8-3-5-9(15)6-4-8)13(17)10(7-16-11)14(18)19/h3,5-8H,2,4H2,1H3,(H,16,17)(H,18,19). The van der Waals surface area contributed by atoms with Gasteiger partial charge in [0, 0.05) is 23.4 Å². The van der Waals surface area contributed by atoms with Crippen LogP contribution in [0, 0.1) is 0 Å². The van der Waals surface area contributed by atoms with Crippen molar-refractivity contribution in [2.24, 2.45) is 0 Å². The summed E-state index contributed by atoms with van der Waals surface area (Å²) in [4.78, 5) is 26.1. The van der Waals surface area contributed by atoms with Gasteiger partial charge in [0.15, 0.2) is 5.43 Å². The van der Waals surface area contributed by atoms with Crippen molar-refractivity contribution in [3.63, 3.8) is 0 Å². The molecule has 0 fully saturated rings. The van der Waals surface area contributed by atoms with Gasteiger partial charge in [-0.05, 0) is 25.0 Å². The van der Waals surface area contributed by atoms with Crippen LogP contribution in [0.15, 0.2) is 35.0 Å². The lowest BCUT2D eigenvalue weighted by Crippen LogP contribution is -2.24. The Hall–Kier alpha value is -2.17. The second-order valence-electron chi connectivity index (χ2n) is 4.37. The molecule has 0 aliphatic heterocycles. The molecule has 0 radical (unpaired) electrons. The Morgan fingerprint density at radius 1 is 1.58 bits per heavy atom. The number of carbonyl (C=O) groups is 1. The number of allylic oxidation sites excluding steroid dienone is 4. The van der Waals surface area contributed by atoms with E-state index in [9.17, 15) is 14.0 Å². The van der Waals surface area contributed by atoms with Gasteiger partial charge in [-0.1, -0.05) is 13.0 Å². The van der Waals surface area contributed by atoms with Crippen molar-refractivity contribution in [2.75, 3.05) is 0 Å². The van der Waals surface area contributed by atoms with Crippen molar-refractivity contribution < 1.29 is 14.3 Å². The number of rotatable bonds is 3. The summed E-state index contributed by atoms with van der Waals surface area (Å²) in [6.45, 7) is 1.87. The van der Waals surface area contributed by atoms with Crippen molar-refractivity contribution in [3.05, 3.63) is 57.3 Å². The maximum Gasteiger partial charge on any atom is 0.341 e. The third-order valence-electron chi connectivity index (χ3n) is 3.21. The minimum atomic E-state index is -1.26. The van der Waals surface area contributed by atoms with E-state index in [-0.39, 0.29) is 17.3 Å². The zero-order valence-corrected chi connectivity index (χ0v) is 10.4. The van der Waals surface area contributed by atoms with Crippen LogP contribution in [0.5, 0.6) is 0 Å². The lowest BCUT2D eigenvalue weighted by molar-refractivity contribution is 0.0695. The Bertz CT molecular complexity index is 628. The molecule has 100 valence electrons. The number of halogens is 1. The lowest BCUT2D eigenvalue weighted by Gasteiger charge is -2.17.